The van der Waals surface area contributed by atoms with Crippen molar-refractivity contribution in [3.8, 4) is 11.3 Å². The molecule has 0 unspecified atom stereocenters. The Bertz CT molecular complexity index is 1270. The Morgan fingerprint density at radius 3 is 2.58 bits per heavy atom. The van der Waals surface area contributed by atoms with Crippen LogP contribution in [0.25, 0.3) is 16.9 Å². The van der Waals surface area contributed by atoms with Gasteiger partial charge in [-0.15, -0.1) is 0 Å². The fourth-order valence-corrected chi connectivity index (χ4v) is 3.45. The molecule has 2 aromatic heterocycles. The normalized spacial score (nSPS) is 11.6. The zero-order valence-corrected chi connectivity index (χ0v) is 17.0. The van der Waals surface area contributed by atoms with Crippen molar-refractivity contribution in [3.05, 3.63) is 89.2 Å². The summed E-state index contributed by atoms with van der Waals surface area (Å²) in [6.45, 7) is 3.85. The number of aryl methyl sites for hydroxylation is 2. The Kier molecular flexibility index (Phi) is 5.27. The summed E-state index contributed by atoms with van der Waals surface area (Å²) in [4.78, 5) is 17.2. The lowest BCUT2D eigenvalue weighted by molar-refractivity contribution is -0.137. The molecule has 31 heavy (non-hydrogen) atoms. The SMILES string of the molecule is Cc1ccc(-c2cn3cccc(C)c3n2)cc1NC(=O)Cc1cccc(C(F)(F)F)c1. The van der Waals surface area contributed by atoms with E-state index in [1.54, 1.807) is 0 Å². The van der Waals surface area contributed by atoms with Gasteiger partial charge in [0.15, 0.2) is 0 Å². The molecule has 0 fully saturated rings. The number of nitrogens with one attached hydrogen (secondary N) is 1. The largest absolute Gasteiger partial charge is 0.416 e. The van der Waals surface area contributed by atoms with Crippen LogP contribution in [0.15, 0.2) is 67.0 Å². The van der Waals surface area contributed by atoms with Gasteiger partial charge in [-0.2, -0.15) is 13.2 Å². The van der Waals surface area contributed by atoms with E-state index in [-0.39, 0.29) is 12.3 Å². The number of amides is 1. The number of carbonyl (C=O) groups excluding carboxylic acids is 1. The number of aromatic nitrogens is 2. The lowest BCUT2D eigenvalue weighted by Gasteiger charge is -2.11. The molecule has 0 aliphatic carbocycles. The molecule has 0 atom stereocenters. The minimum atomic E-state index is -4.44. The van der Waals surface area contributed by atoms with Crippen molar-refractivity contribution in [2.45, 2.75) is 26.4 Å². The van der Waals surface area contributed by atoms with Gasteiger partial charge < -0.3 is 9.72 Å². The third-order valence-electron chi connectivity index (χ3n) is 5.10. The summed E-state index contributed by atoms with van der Waals surface area (Å²) in [5.74, 6) is -0.384. The summed E-state index contributed by atoms with van der Waals surface area (Å²) >= 11 is 0. The number of pyridine rings is 1. The third kappa shape index (κ3) is 4.45. The topological polar surface area (TPSA) is 46.4 Å². The molecule has 158 valence electrons. The van der Waals surface area contributed by atoms with Crippen LogP contribution in [0.5, 0.6) is 0 Å². The number of alkyl halides is 3. The van der Waals surface area contributed by atoms with Crippen LogP contribution in [-0.2, 0) is 17.4 Å². The molecule has 0 saturated heterocycles. The van der Waals surface area contributed by atoms with E-state index in [9.17, 15) is 18.0 Å². The zero-order valence-electron chi connectivity index (χ0n) is 17.0. The molecule has 4 nitrogen and oxygen atoms in total. The van der Waals surface area contributed by atoms with E-state index in [1.165, 1.54) is 12.1 Å². The second-order valence-electron chi connectivity index (χ2n) is 7.50. The Morgan fingerprint density at radius 2 is 1.84 bits per heavy atom. The highest BCUT2D eigenvalue weighted by atomic mass is 19.4. The predicted molar refractivity (Wildman–Crippen MR) is 114 cm³/mol. The lowest BCUT2D eigenvalue weighted by Crippen LogP contribution is -2.16. The van der Waals surface area contributed by atoms with Crippen molar-refractivity contribution in [2.24, 2.45) is 0 Å². The molecule has 0 aliphatic rings. The van der Waals surface area contributed by atoms with Gasteiger partial charge in [-0.1, -0.05) is 36.4 Å². The molecule has 0 bridgehead atoms. The average molecular weight is 423 g/mol. The molecule has 1 amide bonds. The fourth-order valence-electron chi connectivity index (χ4n) is 3.45. The third-order valence-corrected chi connectivity index (χ3v) is 5.10. The number of benzene rings is 2. The second kappa shape index (κ2) is 7.91. The zero-order chi connectivity index (χ0) is 22.2. The van der Waals surface area contributed by atoms with Crippen molar-refractivity contribution in [1.29, 1.82) is 0 Å². The van der Waals surface area contributed by atoms with E-state index < -0.39 is 11.7 Å². The highest BCUT2D eigenvalue weighted by molar-refractivity contribution is 5.93. The molecule has 0 aliphatic heterocycles. The van der Waals surface area contributed by atoms with Gasteiger partial charge in [0.05, 0.1) is 17.7 Å². The first-order chi connectivity index (χ1) is 14.7. The van der Waals surface area contributed by atoms with Crippen molar-refractivity contribution in [3.63, 3.8) is 0 Å². The minimum Gasteiger partial charge on any atom is -0.326 e. The van der Waals surface area contributed by atoms with Crippen LogP contribution in [0.3, 0.4) is 0 Å². The van der Waals surface area contributed by atoms with Gasteiger partial charge in [-0.25, -0.2) is 4.98 Å². The molecule has 2 heterocycles. The summed E-state index contributed by atoms with van der Waals surface area (Å²) < 4.78 is 40.7. The van der Waals surface area contributed by atoms with Crippen LogP contribution < -0.4 is 5.32 Å². The first-order valence-corrected chi connectivity index (χ1v) is 9.72. The van der Waals surface area contributed by atoms with E-state index in [4.69, 9.17) is 0 Å². The van der Waals surface area contributed by atoms with Crippen LogP contribution in [0.4, 0.5) is 18.9 Å². The summed E-state index contributed by atoms with van der Waals surface area (Å²) in [5.41, 5.74) is 4.49. The van der Waals surface area contributed by atoms with Crippen molar-refractivity contribution in [2.75, 3.05) is 5.32 Å². The molecule has 0 spiro atoms. The van der Waals surface area contributed by atoms with Crippen LogP contribution in [0.2, 0.25) is 0 Å². The van der Waals surface area contributed by atoms with Gasteiger partial charge >= 0.3 is 6.18 Å². The summed E-state index contributed by atoms with van der Waals surface area (Å²) in [6, 6.07) is 14.4. The maximum atomic E-state index is 12.9. The highest BCUT2D eigenvalue weighted by Crippen LogP contribution is 2.30. The molecular weight excluding hydrogens is 403 g/mol. The van der Waals surface area contributed by atoms with Crippen LogP contribution in [0, 0.1) is 13.8 Å². The first kappa shape index (κ1) is 20.7. The Balaban J connectivity index is 1.56. The number of fused-ring (bicyclic) bond motifs is 1. The fraction of sp³-hybridized carbons (Fsp3) is 0.167. The van der Waals surface area contributed by atoms with Gasteiger partial charge in [-0.3, -0.25) is 4.79 Å². The van der Waals surface area contributed by atoms with Crippen molar-refractivity contribution < 1.29 is 18.0 Å². The first-order valence-electron chi connectivity index (χ1n) is 9.72. The van der Waals surface area contributed by atoms with Gasteiger partial charge in [0.2, 0.25) is 5.91 Å². The van der Waals surface area contributed by atoms with E-state index in [0.29, 0.717) is 11.3 Å². The Morgan fingerprint density at radius 1 is 1.03 bits per heavy atom. The lowest BCUT2D eigenvalue weighted by atomic mass is 10.1. The van der Waals surface area contributed by atoms with E-state index >= 15 is 0 Å². The predicted octanol–water partition coefficient (Wildman–Crippen LogP) is 5.82. The van der Waals surface area contributed by atoms with Gasteiger partial charge in [-0.05, 0) is 48.7 Å². The minimum absolute atomic E-state index is 0.152. The molecular formula is C24H20F3N3O. The number of anilines is 1. The number of halogens is 3. The quantitative estimate of drug-likeness (QED) is 0.450. The molecule has 4 rings (SSSR count). The number of hydrogen-bond donors (Lipinski definition) is 1. The molecule has 4 aromatic rings. The van der Waals surface area contributed by atoms with Crippen LogP contribution in [-0.4, -0.2) is 15.3 Å². The number of carbonyl (C=O) groups is 1. The van der Waals surface area contributed by atoms with Crippen LogP contribution >= 0.6 is 0 Å². The van der Waals surface area contributed by atoms with Gasteiger partial charge in [0.1, 0.15) is 5.65 Å². The monoisotopic (exact) mass is 423 g/mol. The number of hydrogen-bond acceptors (Lipinski definition) is 2. The maximum absolute atomic E-state index is 12.9. The van der Waals surface area contributed by atoms with E-state index in [1.807, 2.05) is 61.0 Å². The number of imidazole rings is 1. The second-order valence-corrected chi connectivity index (χ2v) is 7.50. The molecule has 0 saturated carbocycles. The van der Waals surface area contributed by atoms with Crippen molar-refractivity contribution >= 4 is 17.2 Å². The molecule has 1 N–H and O–H groups in total. The van der Waals surface area contributed by atoms with Gasteiger partial charge in [0, 0.05) is 23.6 Å². The standard InChI is InChI=1S/C24H20F3N3O/c1-15-8-9-18(21-14-30-10-4-5-16(2)23(30)29-21)13-20(15)28-22(31)12-17-6-3-7-19(11-17)24(25,26)27/h3-11,13-14H,12H2,1-2H3,(H,28,31). The maximum Gasteiger partial charge on any atom is 0.416 e. The summed E-state index contributed by atoms with van der Waals surface area (Å²) in [7, 11) is 0. The van der Waals surface area contributed by atoms with E-state index in [2.05, 4.69) is 10.3 Å². The van der Waals surface area contributed by atoms with Crippen molar-refractivity contribution in [1.82, 2.24) is 9.38 Å². The summed E-state index contributed by atoms with van der Waals surface area (Å²) in [5, 5.41) is 2.82. The average Bonchev–Trinajstić information content (AvgIpc) is 3.15. The molecule has 7 heteroatoms. The smallest absolute Gasteiger partial charge is 0.326 e. The Labute approximate surface area is 177 Å². The molecule has 2 aromatic carbocycles. The van der Waals surface area contributed by atoms with Crippen LogP contribution in [0.1, 0.15) is 22.3 Å². The Hall–Kier alpha value is -3.61. The van der Waals surface area contributed by atoms with E-state index in [0.717, 1.165) is 40.2 Å². The number of rotatable bonds is 4. The molecule has 0 radical (unpaired) electrons. The summed E-state index contributed by atoms with van der Waals surface area (Å²) in [6.07, 6.45) is -0.753. The van der Waals surface area contributed by atoms with Gasteiger partial charge in [0.25, 0.3) is 0 Å². The number of nitrogens with zero attached hydrogens (tertiary/aromatic N) is 2. The highest BCUT2D eigenvalue weighted by Gasteiger charge is 2.30.